The van der Waals surface area contributed by atoms with Gasteiger partial charge >= 0.3 is 0 Å². The predicted octanol–water partition coefficient (Wildman–Crippen LogP) is 4.57. The Hall–Kier alpha value is -0.470. The zero-order valence-corrected chi connectivity index (χ0v) is 12.9. The third-order valence-corrected chi connectivity index (χ3v) is 4.22. The van der Waals surface area contributed by atoms with Crippen molar-refractivity contribution < 1.29 is 0 Å². The van der Waals surface area contributed by atoms with Gasteiger partial charge in [0.2, 0.25) is 0 Å². The highest BCUT2D eigenvalue weighted by Crippen LogP contribution is 2.20. The molecule has 18 heavy (non-hydrogen) atoms. The summed E-state index contributed by atoms with van der Waals surface area (Å²) in [7, 11) is 0. The highest BCUT2D eigenvalue weighted by atomic mass is 32.2. The Balaban J connectivity index is 2.44. The molecule has 102 valence electrons. The van der Waals surface area contributed by atoms with Crippen LogP contribution in [0.1, 0.15) is 50.3 Å². The van der Waals surface area contributed by atoms with Gasteiger partial charge in [-0.2, -0.15) is 11.8 Å². The number of unbranched alkanes of at least 4 members (excludes halogenated alkanes) is 2. The Bertz CT molecular complexity index is 325. The van der Waals surface area contributed by atoms with Crippen LogP contribution in [0.25, 0.3) is 0 Å². The van der Waals surface area contributed by atoms with Crippen LogP contribution in [0.5, 0.6) is 0 Å². The van der Waals surface area contributed by atoms with E-state index in [1.807, 2.05) is 0 Å². The molecule has 0 heterocycles. The fourth-order valence-corrected chi connectivity index (χ4v) is 3.18. The van der Waals surface area contributed by atoms with Crippen molar-refractivity contribution in [2.45, 2.75) is 46.1 Å². The molecular weight excluding hydrogens is 238 g/mol. The van der Waals surface area contributed by atoms with Gasteiger partial charge in [-0.25, -0.2) is 0 Å². The second-order valence-corrected chi connectivity index (χ2v) is 5.96. The van der Waals surface area contributed by atoms with Crippen molar-refractivity contribution in [3.8, 4) is 0 Å². The monoisotopic (exact) mass is 265 g/mol. The summed E-state index contributed by atoms with van der Waals surface area (Å²) in [5, 5.41) is 3.60. The minimum absolute atomic E-state index is 0.501. The molecule has 1 nitrogen and oxygen atoms in total. The maximum Gasteiger partial charge on any atom is 0.0411 e. The normalized spacial score (nSPS) is 12.6. The zero-order chi connectivity index (χ0) is 13.2. The maximum atomic E-state index is 3.60. The van der Waals surface area contributed by atoms with E-state index in [0.717, 1.165) is 6.54 Å². The summed E-state index contributed by atoms with van der Waals surface area (Å²) < 4.78 is 0. The molecule has 0 bridgehead atoms. The van der Waals surface area contributed by atoms with Gasteiger partial charge in [0, 0.05) is 11.8 Å². The Kier molecular flexibility index (Phi) is 8.19. The van der Waals surface area contributed by atoms with Gasteiger partial charge in [-0.05, 0) is 31.2 Å². The van der Waals surface area contributed by atoms with Crippen LogP contribution in [-0.2, 0) is 0 Å². The topological polar surface area (TPSA) is 12.0 Å². The van der Waals surface area contributed by atoms with Crippen molar-refractivity contribution in [1.82, 2.24) is 5.32 Å². The first-order chi connectivity index (χ1) is 8.77. The molecule has 1 rings (SSSR count). The molecule has 0 radical (unpaired) electrons. The van der Waals surface area contributed by atoms with Crippen molar-refractivity contribution in [2.75, 3.05) is 18.1 Å². The number of rotatable bonds is 9. The molecule has 0 saturated carbocycles. The molecule has 0 aliphatic carbocycles. The Morgan fingerprint density at radius 3 is 2.72 bits per heavy atom. The maximum absolute atomic E-state index is 3.60. The molecule has 0 spiro atoms. The highest BCUT2D eigenvalue weighted by molar-refractivity contribution is 7.99. The largest absolute Gasteiger partial charge is 0.310 e. The summed E-state index contributed by atoms with van der Waals surface area (Å²) in [6.07, 6.45) is 4.03. The van der Waals surface area contributed by atoms with Crippen molar-refractivity contribution in [3.63, 3.8) is 0 Å². The average Bonchev–Trinajstić information content (AvgIpc) is 2.37. The SMILES string of the molecule is CCCCCSCC(NCC)c1cccc(C)c1. The summed E-state index contributed by atoms with van der Waals surface area (Å²) >= 11 is 2.08. The van der Waals surface area contributed by atoms with Gasteiger partial charge in [0.1, 0.15) is 0 Å². The third-order valence-electron chi connectivity index (χ3n) is 3.07. The first-order valence-corrected chi connectivity index (χ1v) is 8.31. The van der Waals surface area contributed by atoms with Crippen LogP contribution in [0.2, 0.25) is 0 Å². The molecule has 0 amide bonds. The molecule has 1 N–H and O–H groups in total. The molecule has 1 aromatic carbocycles. The predicted molar refractivity (Wildman–Crippen MR) is 84.4 cm³/mol. The van der Waals surface area contributed by atoms with E-state index in [4.69, 9.17) is 0 Å². The van der Waals surface area contributed by atoms with Crippen LogP contribution in [0.3, 0.4) is 0 Å². The number of hydrogen-bond donors (Lipinski definition) is 1. The number of nitrogens with one attached hydrogen (secondary N) is 1. The zero-order valence-electron chi connectivity index (χ0n) is 12.0. The number of thioether (sulfide) groups is 1. The summed E-state index contributed by atoms with van der Waals surface area (Å²) in [5.41, 5.74) is 2.78. The first kappa shape index (κ1) is 15.6. The van der Waals surface area contributed by atoms with Crippen molar-refractivity contribution in [1.29, 1.82) is 0 Å². The average molecular weight is 265 g/mol. The Morgan fingerprint density at radius 1 is 1.22 bits per heavy atom. The summed E-state index contributed by atoms with van der Waals surface area (Å²) in [6, 6.07) is 9.38. The van der Waals surface area contributed by atoms with Gasteiger partial charge in [0.05, 0.1) is 0 Å². The lowest BCUT2D eigenvalue weighted by Crippen LogP contribution is -2.23. The van der Waals surface area contributed by atoms with Gasteiger partial charge in [-0.1, -0.05) is 56.5 Å². The van der Waals surface area contributed by atoms with E-state index in [1.54, 1.807) is 0 Å². The van der Waals surface area contributed by atoms with Crippen molar-refractivity contribution in [3.05, 3.63) is 35.4 Å². The molecule has 0 aliphatic heterocycles. The lowest BCUT2D eigenvalue weighted by Gasteiger charge is -2.18. The van der Waals surface area contributed by atoms with Gasteiger partial charge in [-0.3, -0.25) is 0 Å². The number of aryl methyl sites for hydroxylation is 1. The van der Waals surface area contributed by atoms with Crippen molar-refractivity contribution >= 4 is 11.8 Å². The summed E-state index contributed by atoms with van der Waals surface area (Å²) in [4.78, 5) is 0. The molecule has 1 unspecified atom stereocenters. The fraction of sp³-hybridized carbons (Fsp3) is 0.625. The molecule has 0 fully saturated rings. The van der Waals surface area contributed by atoms with Gasteiger partial charge in [0.25, 0.3) is 0 Å². The lowest BCUT2D eigenvalue weighted by atomic mass is 10.1. The second-order valence-electron chi connectivity index (χ2n) is 4.81. The molecule has 0 aromatic heterocycles. The fourth-order valence-electron chi connectivity index (χ4n) is 2.06. The molecule has 1 aromatic rings. The third kappa shape index (κ3) is 5.92. The van der Waals surface area contributed by atoms with E-state index in [0.29, 0.717) is 6.04 Å². The second kappa shape index (κ2) is 9.46. The van der Waals surface area contributed by atoms with E-state index in [1.165, 1.54) is 41.9 Å². The van der Waals surface area contributed by atoms with Crippen LogP contribution in [0.15, 0.2) is 24.3 Å². The van der Waals surface area contributed by atoms with Crippen LogP contribution in [0.4, 0.5) is 0 Å². The first-order valence-electron chi connectivity index (χ1n) is 7.15. The smallest absolute Gasteiger partial charge is 0.0411 e. The minimum atomic E-state index is 0.501. The Labute approximate surface area is 117 Å². The lowest BCUT2D eigenvalue weighted by molar-refractivity contribution is 0.605. The van der Waals surface area contributed by atoms with Crippen LogP contribution >= 0.6 is 11.8 Å². The summed E-state index contributed by atoms with van der Waals surface area (Å²) in [6.45, 7) is 7.65. The van der Waals surface area contributed by atoms with E-state index in [2.05, 4.69) is 62.1 Å². The van der Waals surface area contributed by atoms with Crippen LogP contribution in [0, 0.1) is 6.92 Å². The van der Waals surface area contributed by atoms with Crippen LogP contribution in [-0.4, -0.2) is 18.1 Å². The molecule has 2 heteroatoms. The molecular formula is C16H27NS. The van der Waals surface area contributed by atoms with Gasteiger partial charge in [-0.15, -0.1) is 0 Å². The number of hydrogen-bond acceptors (Lipinski definition) is 2. The van der Waals surface area contributed by atoms with E-state index < -0.39 is 0 Å². The molecule has 1 atom stereocenters. The Morgan fingerprint density at radius 2 is 2.06 bits per heavy atom. The van der Waals surface area contributed by atoms with E-state index in [9.17, 15) is 0 Å². The van der Waals surface area contributed by atoms with Gasteiger partial charge in [0.15, 0.2) is 0 Å². The van der Waals surface area contributed by atoms with E-state index >= 15 is 0 Å². The van der Waals surface area contributed by atoms with Gasteiger partial charge < -0.3 is 5.32 Å². The quantitative estimate of drug-likeness (QED) is 0.656. The van der Waals surface area contributed by atoms with E-state index in [-0.39, 0.29) is 0 Å². The van der Waals surface area contributed by atoms with Crippen LogP contribution < -0.4 is 5.32 Å². The molecule has 0 saturated heterocycles. The van der Waals surface area contributed by atoms with Crippen molar-refractivity contribution in [2.24, 2.45) is 0 Å². The minimum Gasteiger partial charge on any atom is -0.310 e. The standard InChI is InChI=1S/C16H27NS/c1-4-6-7-11-18-13-16(17-5-2)15-10-8-9-14(3)12-15/h8-10,12,16-17H,4-7,11,13H2,1-3H3. The number of benzene rings is 1. The molecule has 0 aliphatic rings. The highest BCUT2D eigenvalue weighted by Gasteiger charge is 2.09. The summed E-state index contributed by atoms with van der Waals surface area (Å²) in [5.74, 6) is 2.47.